The summed E-state index contributed by atoms with van der Waals surface area (Å²) in [6, 6.07) is 13.3. The second kappa shape index (κ2) is 10.5. The number of benzene rings is 2. The number of amides is 1. The normalized spacial score (nSPS) is 21.7. The summed E-state index contributed by atoms with van der Waals surface area (Å²) in [6.07, 6.45) is 4.08. The van der Waals surface area contributed by atoms with E-state index in [9.17, 15) is 9.90 Å². The van der Waals surface area contributed by atoms with Gasteiger partial charge in [-0.1, -0.05) is 25.1 Å². The van der Waals surface area contributed by atoms with Gasteiger partial charge in [-0.2, -0.15) is 5.10 Å². The standard InChI is InChI=1S/C26H32N6O3/c1-2-10-28-25(33)20-6-8-23-22(16-20)32(26(34)35-23)17-18-4-3-5-19(15-18)21-7-9-24(30-29-21)31-13-11-27-12-14-31/h3-9,15-16,24,26-27,30,34H,2,10-14,17H2,1H3,(H,28,33). The number of aliphatic hydroxyl groups is 1. The third kappa shape index (κ3) is 5.17. The van der Waals surface area contributed by atoms with E-state index in [1.54, 1.807) is 23.1 Å². The lowest BCUT2D eigenvalue weighted by atomic mass is 10.0. The fourth-order valence-corrected chi connectivity index (χ4v) is 4.53. The average Bonchev–Trinajstić information content (AvgIpc) is 3.22. The highest BCUT2D eigenvalue weighted by molar-refractivity contribution is 6.09. The van der Waals surface area contributed by atoms with E-state index >= 15 is 0 Å². The fraction of sp³-hybridized carbons (Fsp3) is 0.385. The molecule has 184 valence electrons. The van der Waals surface area contributed by atoms with E-state index in [4.69, 9.17) is 4.74 Å². The van der Waals surface area contributed by atoms with Gasteiger partial charge in [0.15, 0.2) is 0 Å². The van der Waals surface area contributed by atoms with Crippen LogP contribution in [0.25, 0.3) is 0 Å². The van der Waals surface area contributed by atoms with Crippen molar-refractivity contribution in [3.05, 3.63) is 71.3 Å². The highest BCUT2D eigenvalue weighted by Gasteiger charge is 2.30. The van der Waals surface area contributed by atoms with E-state index in [1.165, 1.54) is 0 Å². The Labute approximate surface area is 205 Å². The summed E-state index contributed by atoms with van der Waals surface area (Å²) in [5.74, 6) is 0.426. The van der Waals surface area contributed by atoms with Crippen LogP contribution in [0.1, 0.15) is 34.8 Å². The number of carbonyl (C=O) groups is 1. The van der Waals surface area contributed by atoms with Gasteiger partial charge in [0.05, 0.1) is 11.4 Å². The van der Waals surface area contributed by atoms with Crippen LogP contribution < -0.4 is 25.7 Å². The Balaban J connectivity index is 1.29. The summed E-state index contributed by atoms with van der Waals surface area (Å²) in [5.41, 5.74) is 7.37. The van der Waals surface area contributed by atoms with Crippen molar-refractivity contribution < 1.29 is 14.6 Å². The van der Waals surface area contributed by atoms with Gasteiger partial charge in [0.1, 0.15) is 11.9 Å². The molecule has 35 heavy (non-hydrogen) atoms. The molecule has 9 heteroatoms. The van der Waals surface area contributed by atoms with Crippen LogP contribution in [0.5, 0.6) is 5.75 Å². The van der Waals surface area contributed by atoms with Crippen molar-refractivity contribution in [1.29, 1.82) is 0 Å². The highest BCUT2D eigenvalue weighted by atomic mass is 16.6. The SMILES string of the molecule is CCCNC(=O)c1ccc2c(c1)N(Cc1cccc(C3=NNC(N4CCNCC4)C=C3)c1)C(O)O2. The minimum atomic E-state index is -1.11. The molecular formula is C26H32N6O3. The third-order valence-electron chi connectivity index (χ3n) is 6.44. The van der Waals surface area contributed by atoms with E-state index in [0.29, 0.717) is 30.1 Å². The van der Waals surface area contributed by atoms with Gasteiger partial charge in [-0.15, -0.1) is 0 Å². The fourth-order valence-electron chi connectivity index (χ4n) is 4.53. The number of ether oxygens (including phenoxy) is 1. The summed E-state index contributed by atoms with van der Waals surface area (Å²) in [4.78, 5) is 16.5. The van der Waals surface area contributed by atoms with Crippen molar-refractivity contribution in [2.45, 2.75) is 32.5 Å². The van der Waals surface area contributed by atoms with Crippen LogP contribution in [0.15, 0.2) is 59.7 Å². The number of hydrogen-bond acceptors (Lipinski definition) is 8. The van der Waals surface area contributed by atoms with Crippen LogP contribution in [-0.2, 0) is 6.54 Å². The van der Waals surface area contributed by atoms with Gasteiger partial charge >= 0.3 is 0 Å². The molecule has 2 atom stereocenters. The molecule has 3 heterocycles. The number of hydrogen-bond donors (Lipinski definition) is 4. The van der Waals surface area contributed by atoms with E-state index in [2.05, 4.69) is 44.3 Å². The maximum Gasteiger partial charge on any atom is 0.282 e. The summed E-state index contributed by atoms with van der Waals surface area (Å²) in [7, 11) is 0. The molecule has 1 saturated heterocycles. The zero-order valence-electron chi connectivity index (χ0n) is 19.9. The van der Waals surface area contributed by atoms with Crippen molar-refractivity contribution in [2.24, 2.45) is 5.10 Å². The largest absolute Gasteiger partial charge is 0.445 e. The first kappa shape index (κ1) is 23.3. The number of piperazine rings is 1. The van der Waals surface area contributed by atoms with Crippen molar-refractivity contribution >= 4 is 17.3 Å². The maximum atomic E-state index is 12.4. The van der Waals surface area contributed by atoms with Crippen LogP contribution in [0.3, 0.4) is 0 Å². The number of carbonyl (C=O) groups excluding carboxylic acids is 1. The molecule has 4 N–H and O–H groups in total. The van der Waals surface area contributed by atoms with E-state index in [0.717, 1.165) is 49.4 Å². The first-order valence-electron chi connectivity index (χ1n) is 12.2. The molecule has 2 aromatic carbocycles. The van der Waals surface area contributed by atoms with E-state index < -0.39 is 6.41 Å². The molecule has 0 aliphatic carbocycles. The summed E-state index contributed by atoms with van der Waals surface area (Å²) < 4.78 is 5.62. The van der Waals surface area contributed by atoms with Gasteiger partial charge in [-0.3, -0.25) is 15.1 Å². The molecule has 0 saturated carbocycles. The minimum Gasteiger partial charge on any atom is -0.445 e. The first-order chi connectivity index (χ1) is 17.1. The number of nitrogens with one attached hydrogen (secondary N) is 3. The summed E-state index contributed by atoms with van der Waals surface area (Å²) in [6.45, 7) is 7.02. The molecule has 2 unspecified atom stereocenters. The molecule has 0 spiro atoms. The highest BCUT2D eigenvalue weighted by Crippen LogP contribution is 2.38. The Morgan fingerprint density at radius 2 is 2.09 bits per heavy atom. The van der Waals surface area contributed by atoms with Crippen LogP contribution in [0, 0.1) is 0 Å². The molecule has 5 rings (SSSR count). The van der Waals surface area contributed by atoms with Gasteiger partial charge in [0, 0.05) is 50.4 Å². The number of fused-ring (bicyclic) bond motifs is 1. The molecule has 3 aliphatic rings. The predicted octanol–water partition coefficient (Wildman–Crippen LogP) is 1.60. The minimum absolute atomic E-state index is 0.112. The zero-order chi connectivity index (χ0) is 24.2. The second-order valence-corrected chi connectivity index (χ2v) is 8.93. The Morgan fingerprint density at radius 1 is 1.23 bits per heavy atom. The smallest absolute Gasteiger partial charge is 0.282 e. The van der Waals surface area contributed by atoms with Gasteiger partial charge < -0.3 is 25.4 Å². The maximum absolute atomic E-state index is 12.4. The predicted molar refractivity (Wildman–Crippen MR) is 135 cm³/mol. The third-order valence-corrected chi connectivity index (χ3v) is 6.44. The lowest BCUT2D eigenvalue weighted by Gasteiger charge is -2.34. The van der Waals surface area contributed by atoms with Crippen molar-refractivity contribution in [3.8, 4) is 5.75 Å². The van der Waals surface area contributed by atoms with Crippen LogP contribution >= 0.6 is 0 Å². The van der Waals surface area contributed by atoms with Crippen molar-refractivity contribution in [1.82, 2.24) is 21.0 Å². The summed E-state index contributed by atoms with van der Waals surface area (Å²) >= 11 is 0. The molecule has 1 fully saturated rings. The van der Waals surface area contributed by atoms with Gasteiger partial charge in [0.2, 0.25) is 0 Å². The van der Waals surface area contributed by atoms with Crippen LogP contribution in [-0.4, -0.2) is 66.9 Å². The van der Waals surface area contributed by atoms with Gasteiger partial charge in [-0.05, 0) is 48.4 Å². The lowest BCUT2D eigenvalue weighted by molar-refractivity contribution is -0.00376. The molecule has 1 amide bonds. The van der Waals surface area contributed by atoms with E-state index in [-0.39, 0.29) is 12.1 Å². The number of aliphatic hydroxyl groups excluding tert-OH is 1. The quantitative estimate of drug-likeness (QED) is 0.482. The first-order valence-corrected chi connectivity index (χ1v) is 12.2. The Hall–Kier alpha value is -3.40. The number of hydrazone groups is 1. The number of rotatable bonds is 7. The molecule has 0 bridgehead atoms. The Kier molecular flexibility index (Phi) is 6.98. The van der Waals surface area contributed by atoms with Crippen LogP contribution in [0.2, 0.25) is 0 Å². The molecule has 2 aromatic rings. The number of nitrogens with zero attached hydrogens (tertiary/aromatic N) is 3. The molecule has 9 nitrogen and oxygen atoms in total. The van der Waals surface area contributed by atoms with E-state index in [1.807, 2.05) is 25.1 Å². The second-order valence-electron chi connectivity index (χ2n) is 8.93. The van der Waals surface area contributed by atoms with Gasteiger partial charge in [0.25, 0.3) is 12.3 Å². The van der Waals surface area contributed by atoms with Crippen LogP contribution in [0.4, 0.5) is 5.69 Å². The van der Waals surface area contributed by atoms with Gasteiger partial charge in [-0.25, -0.2) is 0 Å². The molecule has 0 radical (unpaired) electrons. The number of allylic oxidation sites excluding steroid dienone is 1. The molecular weight excluding hydrogens is 444 g/mol. The topological polar surface area (TPSA) is 101 Å². The number of anilines is 1. The molecule has 0 aromatic heterocycles. The average molecular weight is 477 g/mol. The Morgan fingerprint density at radius 3 is 2.86 bits per heavy atom. The van der Waals surface area contributed by atoms with Crippen molar-refractivity contribution in [2.75, 3.05) is 37.6 Å². The Bertz CT molecular complexity index is 1130. The zero-order valence-corrected chi connectivity index (χ0v) is 19.9. The van der Waals surface area contributed by atoms with Crippen molar-refractivity contribution in [3.63, 3.8) is 0 Å². The molecule has 3 aliphatic heterocycles. The lowest BCUT2D eigenvalue weighted by Crippen LogP contribution is -2.52. The monoisotopic (exact) mass is 476 g/mol. The summed E-state index contributed by atoms with van der Waals surface area (Å²) in [5, 5.41) is 21.4.